The highest BCUT2D eigenvalue weighted by Gasteiger charge is 2.21. The zero-order valence-electron chi connectivity index (χ0n) is 10.6. The molecule has 1 aromatic carbocycles. The largest absolute Gasteiger partial charge is 0.316 e. The normalized spacial score (nSPS) is 18.8. The third-order valence-electron chi connectivity index (χ3n) is 3.06. The van der Waals surface area contributed by atoms with E-state index in [9.17, 15) is 8.42 Å². The topological polar surface area (TPSA) is 46.2 Å². The van der Waals surface area contributed by atoms with E-state index in [1.54, 1.807) is 0 Å². The van der Waals surface area contributed by atoms with Crippen LogP contribution in [0.1, 0.15) is 17.9 Å². The summed E-state index contributed by atoms with van der Waals surface area (Å²) in [5.41, 5.74) is 1.43. The molecule has 1 aliphatic rings. The lowest BCUT2D eigenvalue weighted by molar-refractivity contribution is 0.587. The monoisotopic (exact) mass is 285 g/mol. The maximum Gasteiger partial charge on any atom is 0.147 e. The highest BCUT2D eigenvalue weighted by atomic mass is 32.2. The van der Waals surface area contributed by atoms with Crippen molar-refractivity contribution in [2.45, 2.75) is 17.2 Å². The van der Waals surface area contributed by atoms with Gasteiger partial charge in [0.1, 0.15) is 9.84 Å². The van der Waals surface area contributed by atoms with Gasteiger partial charge in [-0.25, -0.2) is 8.42 Å². The quantitative estimate of drug-likeness (QED) is 0.811. The predicted octanol–water partition coefficient (Wildman–Crippen LogP) is 1.90. The summed E-state index contributed by atoms with van der Waals surface area (Å²) in [5, 5.41) is 3.36. The molecular formula is C13H19NO2S2. The summed E-state index contributed by atoms with van der Waals surface area (Å²) in [5.74, 6) is 1.96. The van der Waals surface area contributed by atoms with Crippen LogP contribution in [-0.4, -0.2) is 39.3 Å². The summed E-state index contributed by atoms with van der Waals surface area (Å²) >= 11 is 1.91. The van der Waals surface area contributed by atoms with Gasteiger partial charge in [0.2, 0.25) is 0 Å². The predicted molar refractivity (Wildman–Crippen MR) is 77.1 cm³/mol. The second-order valence-corrected chi connectivity index (χ2v) is 8.05. The number of hydrogen-bond donors (Lipinski definition) is 1. The molecule has 2 rings (SSSR count). The average molecular weight is 285 g/mol. The number of fused-ring (bicyclic) bond motifs is 1. The SMILES string of the molecule is CS(=O)(=O)CCCNCC1CSc2ccccc21. The van der Waals surface area contributed by atoms with Gasteiger partial charge in [-0.3, -0.25) is 0 Å². The molecule has 18 heavy (non-hydrogen) atoms. The lowest BCUT2D eigenvalue weighted by atomic mass is 10.0. The van der Waals surface area contributed by atoms with E-state index in [0.717, 1.165) is 18.8 Å². The van der Waals surface area contributed by atoms with E-state index >= 15 is 0 Å². The van der Waals surface area contributed by atoms with E-state index < -0.39 is 9.84 Å². The van der Waals surface area contributed by atoms with Crippen molar-refractivity contribution in [2.24, 2.45) is 0 Å². The summed E-state index contributed by atoms with van der Waals surface area (Å²) < 4.78 is 22.0. The second-order valence-electron chi connectivity index (χ2n) is 4.73. The Kier molecular flexibility index (Phi) is 4.70. The van der Waals surface area contributed by atoms with E-state index in [1.807, 2.05) is 11.8 Å². The minimum absolute atomic E-state index is 0.274. The molecule has 100 valence electrons. The maximum absolute atomic E-state index is 11.0. The Morgan fingerprint density at radius 1 is 1.39 bits per heavy atom. The molecule has 5 heteroatoms. The molecule has 0 amide bonds. The van der Waals surface area contributed by atoms with Gasteiger partial charge in [-0.05, 0) is 24.6 Å². The van der Waals surface area contributed by atoms with E-state index in [4.69, 9.17) is 0 Å². The van der Waals surface area contributed by atoms with Crippen molar-refractivity contribution in [1.82, 2.24) is 5.32 Å². The van der Waals surface area contributed by atoms with Gasteiger partial charge < -0.3 is 5.32 Å². The lowest BCUT2D eigenvalue weighted by Crippen LogP contribution is -2.24. The molecule has 1 aliphatic heterocycles. The second kappa shape index (κ2) is 6.08. The Morgan fingerprint density at radius 2 is 2.17 bits per heavy atom. The smallest absolute Gasteiger partial charge is 0.147 e. The zero-order chi connectivity index (χ0) is 13.0. The molecule has 0 aliphatic carbocycles. The maximum atomic E-state index is 11.0. The molecule has 1 heterocycles. The highest BCUT2D eigenvalue weighted by Crippen LogP contribution is 2.38. The van der Waals surface area contributed by atoms with Crippen molar-refractivity contribution in [2.75, 3.05) is 30.9 Å². The van der Waals surface area contributed by atoms with Crippen LogP contribution < -0.4 is 5.32 Å². The van der Waals surface area contributed by atoms with Crippen molar-refractivity contribution >= 4 is 21.6 Å². The summed E-state index contributed by atoms with van der Waals surface area (Å²) in [4.78, 5) is 1.39. The van der Waals surface area contributed by atoms with Crippen molar-refractivity contribution in [3.63, 3.8) is 0 Å². The fraction of sp³-hybridized carbons (Fsp3) is 0.538. The Bertz CT molecular complexity index is 499. The summed E-state index contributed by atoms with van der Waals surface area (Å²) in [6, 6.07) is 8.52. The van der Waals surface area contributed by atoms with Gasteiger partial charge in [-0.15, -0.1) is 11.8 Å². The van der Waals surface area contributed by atoms with Crippen molar-refractivity contribution < 1.29 is 8.42 Å². The van der Waals surface area contributed by atoms with Crippen LogP contribution in [-0.2, 0) is 9.84 Å². The van der Waals surface area contributed by atoms with Crippen LogP contribution in [0, 0.1) is 0 Å². The van der Waals surface area contributed by atoms with Crippen LogP contribution in [0.5, 0.6) is 0 Å². The first kappa shape index (κ1) is 13.9. The van der Waals surface area contributed by atoms with Crippen molar-refractivity contribution in [3.05, 3.63) is 29.8 Å². The van der Waals surface area contributed by atoms with E-state index in [-0.39, 0.29) is 5.75 Å². The number of thioether (sulfide) groups is 1. The molecule has 0 fully saturated rings. The van der Waals surface area contributed by atoms with Crippen LogP contribution in [0.15, 0.2) is 29.2 Å². The standard InChI is InChI=1S/C13H19NO2S2/c1-18(15,16)8-4-7-14-9-11-10-17-13-6-3-2-5-12(11)13/h2-3,5-6,11,14H,4,7-10H2,1H3. The van der Waals surface area contributed by atoms with E-state index in [1.165, 1.54) is 16.7 Å². The molecule has 1 N–H and O–H groups in total. The van der Waals surface area contributed by atoms with E-state index in [2.05, 4.69) is 29.6 Å². The third-order valence-corrected chi connectivity index (χ3v) is 5.34. The number of nitrogens with one attached hydrogen (secondary N) is 1. The minimum atomic E-state index is -2.82. The van der Waals surface area contributed by atoms with Gasteiger partial charge in [-0.2, -0.15) is 0 Å². The van der Waals surface area contributed by atoms with Crippen LogP contribution in [0.4, 0.5) is 0 Å². The number of rotatable bonds is 6. The molecule has 0 saturated heterocycles. The summed E-state index contributed by atoms with van der Waals surface area (Å²) in [6.07, 6.45) is 1.98. The van der Waals surface area contributed by atoms with Crippen LogP contribution >= 0.6 is 11.8 Å². The number of hydrogen-bond acceptors (Lipinski definition) is 4. The molecule has 0 spiro atoms. The Balaban J connectivity index is 1.73. The van der Waals surface area contributed by atoms with Gasteiger partial charge in [-0.1, -0.05) is 18.2 Å². The molecule has 0 bridgehead atoms. The average Bonchev–Trinajstić information content (AvgIpc) is 2.71. The molecule has 1 aromatic rings. The van der Waals surface area contributed by atoms with Gasteiger partial charge >= 0.3 is 0 Å². The van der Waals surface area contributed by atoms with Crippen LogP contribution in [0.25, 0.3) is 0 Å². The fourth-order valence-corrected chi connectivity index (χ4v) is 4.06. The molecule has 0 aromatic heterocycles. The number of sulfone groups is 1. The van der Waals surface area contributed by atoms with Crippen LogP contribution in [0.2, 0.25) is 0 Å². The molecule has 1 atom stereocenters. The molecule has 1 unspecified atom stereocenters. The van der Waals surface area contributed by atoms with E-state index in [0.29, 0.717) is 12.3 Å². The molecule has 0 saturated carbocycles. The molecular weight excluding hydrogens is 266 g/mol. The Morgan fingerprint density at radius 3 is 2.94 bits per heavy atom. The molecule has 3 nitrogen and oxygen atoms in total. The van der Waals surface area contributed by atoms with Gasteiger partial charge in [0, 0.05) is 29.4 Å². The van der Waals surface area contributed by atoms with Gasteiger partial charge in [0.15, 0.2) is 0 Å². The first-order valence-electron chi connectivity index (χ1n) is 6.16. The van der Waals surface area contributed by atoms with Gasteiger partial charge in [0.25, 0.3) is 0 Å². The number of benzene rings is 1. The Labute approximate surface area is 113 Å². The fourth-order valence-electron chi connectivity index (χ4n) is 2.13. The molecule has 0 radical (unpaired) electrons. The third kappa shape index (κ3) is 4.00. The first-order valence-corrected chi connectivity index (χ1v) is 9.21. The summed E-state index contributed by atoms with van der Waals surface area (Å²) in [7, 11) is -2.82. The van der Waals surface area contributed by atoms with Crippen molar-refractivity contribution in [1.29, 1.82) is 0 Å². The minimum Gasteiger partial charge on any atom is -0.316 e. The van der Waals surface area contributed by atoms with Gasteiger partial charge in [0.05, 0.1) is 5.75 Å². The lowest BCUT2D eigenvalue weighted by Gasteiger charge is -2.11. The Hall–Kier alpha value is -0.520. The first-order chi connectivity index (χ1) is 8.56. The van der Waals surface area contributed by atoms with Crippen LogP contribution in [0.3, 0.4) is 0 Å². The summed E-state index contributed by atoms with van der Waals surface area (Å²) in [6.45, 7) is 1.71. The zero-order valence-corrected chi connectivity index (χ0v) is 12.2. The van der Waals surface area contributed by atoms with Crippen molar-refractivity contribution in [3.8, 4) is 0 Å². The highest BCUT2D eigenvalue weighted by molar-refractivity contribution is 7.99.